The summed E-state index contributed by atoms with van der Waals surface area (Å²) in [7, 11) is 0. The van der Waals surface area contributed by atoms with Gasteiger partial charge in [0.15, 0.2) is 0 Å². The quantitative estimate of drug-likeness (QED) is 0.567. The molecule has 1 heterocycles. The number of hydrogen-bond donors (Lipinski definition) is 2. The van der Waals surface area contributed by atoms with Gasteiger partial charge in [-0.05, 0) is 40.8 Å². The first kappa shape index (κ1) is 21.3. The average molecular weight is 407 g/mol. The van der Waals surface area contributed by atoms with Crippen molar-refractivity contribution < 1.29 is 9.90 Å². The van der Waals surface area contributed by atoms with Crippen LogP contribution in [0, 0.1) is 0 Å². The van der Waals surface area contributed by atoms with Crippen LogP contribution in [0.1, 0.15) is 50.1 Å². The van der Waals surface area contributed by atoms with Crippen LogP contribution in [-0.4, -0.2) is 21.0 Å². The summed E-state index contributed by atoms with van der Waals surface area (Å²) < 4.78 is 0. The third-order valence-electron chi connectivity index (χ3n) is 4.60. The van der Waals surface area contributed by atoms with Gasteiger partial charge in [0.05, 0.1) is 17.5 Å². The molecule has 0 fully saturated rings. The normalized spacial score (nSPS) is 12.6. The molecular weight excluding hydrogens is 383 g/mol. The summed E-state index contributed by atoms with van der Waals surface area (Å²) in [5, 5.41) is 9.93. The molecule has 144 valence electrons. The number of carbonyl (C=O) groups is 1. The van der Waals surface area contributed by atoms with Crippen molar-refractivity contribution in [2.45, 2.75) is 44.9 Å². The number of fused-ring (bicyclic) bond motifs is 1. The molecule has 6 heteroatoms. The molecule has 3 aromatic rings. The van der Waals surface area contributed by atoms with E-state index in [-0.39, 0.29) is 30.2 Å². The first-order valence-corrected chi connectivity index (χ1v) is 9.06. The van der Waals surface area contributed by atoms with E-state index in [0.29, 0.717) is 11.4 Å². The van der Waals surface area contributed by atoms with Crippen LogP contribution >= 0.6 is 24.0 Å². The zero-order chi connectivity index (χ0) is 18.9. The highest BCUT2D eigenvalue weighted by Crippen LogP contribution is 2.28. The number of nitrogens with one attached hydrogen (secondary N) is 1. The van der Waals surface area contributed by atoms with Crippen molar-refractivity contribution in [2.75, 3.05) is 0 Å². The number of carboxylic acid groups (broad SMARTS) is 1. The fourth-order valence-corrected chi connectivity index (χ4v) is 3.23. The van der Waals surface area contributed by atoms with Gasteiger partial charge in [0.1, 0.15) is 5.82 Å². The topological polar surface area (TPSA) is 66.0 Å². The standard InChI is InChI=1S/C21H23ClN2O2.ClH/c1-21(2,3)15-6-9-17-18(12-15)24-19(23-17)10-14(11-20(25)26)13-4-7-16(22)8-5-13;/h4-9,12,14H,10-11H2,1-3H3,(H,23,24)(H,25,26);1H. The minimum atomic E-state index is -0.823. The zero-order valence-electron chi connectivity index (χ0n) is 15.6. The monoisotopic (exact) mass is 406 g/mol. The molecule has 2 aromatic carbocycles. The van der Waals surface area contributed by atoms with Gasteiger partial charge in [-0.3, -0.25) is 4.79 Å². The predicted molar refractivity (Wildman–Crippen MR) is 112 cm³/mol. The van der Waals surface area contributed by atoms with Gasteiger partial charge in [0.2, 0.25) is 0 Å². The Hall–Kier alpha value is -2.04. The molecule has 4 nitrogen and oxygen atoms in total. The van der Waals surface area contributed by atoms with Crippen LogP contribution in [0.5, 0.6) is 0 Å². The SMILES string of the molecule is CC(C)(C)c1ccc2[nH]c(CC(CC(=O)O)c3ccc(Cl)cc3)nc2c1.Cl. The predicted octanol–water partition coefficient (Wildman–Crippen LogP) is 5.74. The molecule has 0 radical (unpaired) electrons. The van der Waals surface area contributed by atoms with E-state index < -0.39 is 5.97 Å². The molecule has 0 saturated heterocycles. The number of hydrogen-bond acceptors (Lipinski definition) is 2. The van der Waals surface area contributed by atoms with Gasteiger partial charge in [0, 0.05) is 17.4 Å². The Morgan fingerprint density at radius 1 is 1.19 bits per heavy atom. The van der Waals surface area contributed by atoms with E-state index in [9.17, 15) is 9.90 Å². The second kappa shape index (κ2) is 8.32. The largest absolute Gasteiger partial charge is 0.481 e. The van der Waals surface area contributed by atoms with E-state index in [2.05, 4.69) is 37.9 Å². The molecule has 0 bridgehead atoms. The Bertz CT molecular complexity index is 927. The highest BCUT2D eigenvalue weighted by molar-refractivity contribution is 6.30. The summed E-state index contributed by atoms with van der Waals surface area (Å²) in [6.07, 6.45) is 0.583. The van der Waals surface area contributed by atoms with Crippen LogP contribution in [0.25, 0.3) is 11.0 Å². The molecule has 2 N–H and O–H groups in total. The molecule has 1 unspecified atom stereocenters. The highest BCUT2D eigenvalue weighted by atomic mass is 35.5. The summed E-state index contributed by atoms with van der Waals surface area (Å²) in [5.74, 6) is -0.184. The van der Waals surface area contributed by atoms with Crippen LogP contribution in [0.4, 0.5) is 0 Å². The molecule has 27 heavy (non-hydrogen) atoms. The summed E-state index contributed by atoms with van der Waals surface area (Å²) in [5.41, 5.74) is 4.12. The zero-order valence-corrected chi connectivity index (χ0v) is 17.2. The third-order valence-corrected chi connectivity index (χ3v) is 4.85. The van der Waals surface area contributed by atoms with Gasteiger partial charge in [-0.25, -0.2) is 4.98 Å². The maximum Gasteiger partial charge on any atom is 0.303 e. The number of benzene rings is 2. The molecule has 1 atom stereocenters. The van der Waals surface area contributed by atoms with Gasteiger partial charge >= 0.3 is 5.97 Å². The maximum absolute atomic E-state index is 11.3. The minimum absolute atomic E-state index is 0. The van der Waals surface area contributed by atoms with Crippen LogP contribution in [-0.2, 0) is 16.6 Å². The smallest absolute Gasteiger partial charge is 0.303 e. The lowest BCUT2D eigenvalue weighted by molar-refractivity contribution is -0.137. The molecule has 3 rings (SSSR count). The second-order valence-electron chi connectivity index (χ2n) is 7.72. The lowest BCUT2D eigenvalue weighted by Crippen LogP contribution is -2.10. The lowest BCUT2D eigenvalue weighted by atomic mass is 9.87. The number of aromatic amines is 1. The number of aliphatic carboxylic acids is 1. The number of nitrogens with zero attached hydrogens (tertiary/aromatic N) is 1. The lowest BCUT2D eigenvalue weighted by Gasteiger charge is -2.18. The Balaban J connectivity index is 0.00000261. The van der Waals surface area contributed by atoms with Gasteiger partial charge < -0.3 is 10.1 Å². The fraction of sp³-hybridized carbons (Fsp3) is 0.333. The molecule has 0 aliphatic rings. The van der Waals surface area contributed by atoms with Gasteiger partial charge in [-0.2, -0.15) is 0 Å². The van der Waals surface area contributed by atoms with Crippen molar-refractivity contribution in [1.82, 2.24) is 9.97 Å². The number of H-pyrrole nitrogens is 1. The third kappa shape index (κ3) is 5.24. The summed E-state index contributed by atoms with van der Waals surface area (Å²) in [6.45, 7) is 6.52. The van der Waals surface area contributed by atoms with E-state index in [0.717, 1.165) is 22.4 Å². The van der Waals surface area contributed by atoms with E-state index >= 15 is 0 Å². The average Bonchev–Trinajstić information content (AvgIpc) is 2.95. The maximum atomic E-state index is 11.3. The molecule has 1 aromatic heterocycles. The van der Waals surface area contributed by atoms with Gasteiger partial charge in [-0.15, -0.1) is 12.4 Å². The first-order chi connectivity index (χ1) is 12.2. The summed E-state index contributed by atoms with van der Waals surface area (Å²) in [4.78, 5) is 19.3. The molecule has 0 spiro atoms. The van der Waals surface area contributed by atoms with Crippen molar-refractivity contribution in [1.29, 1.82) is 0 Å². The Morgan fingerprint density at radius 3 is 2.44 bits per heavy atom. The van der Waals surface area contributed by atoms with Crippen LogP contribution < -0.4 is 0 Å². The minimum Gasteiger partial charge on any atom is -0.481 e. The first-order valence-electron chi connectivity index (χ1n) is 8.69. The summed E-state index contributed by atoms with van der Waals surface area (Å²) in [6, 6.07) is 13.6. The summed E-state index contributed by atoms with van der Waals surface area (Å²) >= 11 is 5.95. The van der Waals surface area contributed by atoms with E-state index in [4.69, 9.17) is 16.6 Å². The Morgan fingerprint density at radius 2 is 1.85 bits per heavy atom. The van der Waals surface area contributed by atoms with Crippen molar-refractivity contribution in [3.8, 4) is 0 Å². The van der Waals surface area contributed by atoms with Crippen LogP contribution in [0.3, 0.4) is 0 Å². The second-order valence-corrected chi connectivity index (χ2v) is 8.15. The van der Waals surface area contributed by atoms with E-state index in [1.807, 2.05) is 18.2 Å². The van der Waals surface area contributed by atoms with Crippen LogP contribution in [0.15, 0.2) is 42.5 Å². The number of carboxylic acids is 1. The van der Waals surface area contributed by atoms with Gasteiger partial charge in [0.25, 0.3) is 0 Å². The number of halogens is 2. The van der Waals surface area contributed by atoms with Crippen molar-refractivity contribution in [3.05, 3.63) is 64.4 Å². The molecule has 0 saturated carbocycles. The Labute approximate surface area is 170 Å². The van der Waals surface area contributed by atoms with E-state index in [1.54, 1.807) is 12.1 Å². The molecule has 0 amide bonds. The van der Waals surface area contributed by atoms with Gasteiger partial charge in [-0.1, -0.05) is 50.6 Å². The number of rotatable bonds is 5. The Kier molecular flexibility index (Phi) is 6.55. The number of aromatic nitrogens is 2. The van der Waals surface area contributed by atoms with Crippen molar-refractivity contribution in [3.63, 3.8) is 0 Å². The number of imidazole rings is 1. The molecule has 0 aliphatic carbocycles. The fourth-order valence-electron chi connectivity index (χ4n) is 3.11. The highest BCUT2D eigenvalue weighted by Gasteiger charge is 2.19. The van der Waals surface area contributed by atoms with Crippen LogP contribution in [0.2, 0.25) is 5.02 Å². The van der Waals surface area contributed by atoms with E-state index in [1.165, 1.54) is 5.56 Å². The van der Waals surface area contributed by atoms with Crippen molar-refractivity contribution >= 4 is 41.0 Å². The molecule has 0 aliphatic heterocycles. The van der Waals surface area contributed by atoms with Crippen molar-refractivity contribution in [2.24, 2.45) is 0 Å². The molecular formula is C21H24Cl2N2O2.